The van der Waals surface area contributed by atoms with Crippen molar-refractivity contribution in [1.29, 1.82) is 0 Å². The van der Waals surface area contributed by atoms with Crippen LogP contribution in [0.3, 0.4) is 0 Å². The summed E-state index contributed by atoms with van der Waals surface area (Å²) in [5.41, 5.74) is 4.65. The van der Waals surface area contributed by atoms with Crippen molar-refractivity contribution in [2.24, 2.45) is 0 Å². The standard InChI is InChI=1S/C16H20.Li.H/c1-4-12-11-13-9-7-8-10-16(13)15(6-3)14(12)5-2;;/h7-11H,4-6H2,1-3H3;;. The molecule has 0 fully saturated rings. The van der Waals surface area contributed by atoms with Gasteiger partial charge in [0.1, 0.15) is 0 Å². The van der Waals surface area contributed by atoms with Crippen molar-refractivity contribution in [3.8, 4) is 0 Å². The van der Waals surface area contributed by atoms with Crippen LogP contribution in [-0.2, 0) is 19.3 Å². The maximum atomic E-state index is 2.37. The van der Waals surface area contributed by atoms with E-state index in [9.17, 15) is 0 Å². The van der Waals surface area contributed by atoms with Crippen molar-refractivity contribution >= 4 is 29.6 Å². The third-order valence-electron chi connectivity index (χ3n) is 3.46. The molecule has 0 heterocycles. The van der Waals surface area contributed by atoms with Gasteiger partial charge in [-0.3, -0.25) is 0 Å². The molecule has 0 nitrogen and oxygen atoms in total. The van der Waals surface area contributed by atoms with Crippen LogP contribution in [0.15, 0.2) is 30.3 Å². The second kappa shape index (κ2) is 6.29. The molecular weight excluding hydrogens is 199 g/mol. The van der Waals surface area contributed by atoms with Crippen LogP contribution in [-0.4, -0.2) is 18.9 Å². The van der Waals surface area contributed by atoms with E-state index in [1.165, 1.54) is 16.3 Å². The zero-order valence-electron chi connectivity index (χ0n) is 10.5. The van der Waals surface area contributed by atoms with Crippen molar-refractivity contribution in [2.75, 3.05) is 0 Å². The van der Waals surface area contributed by atoms with Crippen LogP contribution in [0.25, 0.3) is 10.8 Å². The van der Waals surface area contributed by atoms with E-state index in [2.05, 4.69) is 51.1 Å². The van der Waals surface area contributed by atoms with E-state index in [4.69, 9.17) is 0 Å². The van der Waals surface area contributed by atoms with Gasteiger partial charge in [-0.15, -0.1) is 0 Å². The number of hydrogen-bond acceptors (Lipinski definition) is 0. The Labute approximate surface area is 117 Å². The van der Waals surface area contributed by atoms with Crippen molar-refractivity contribution in [1.82, 2.24) is 0 Å². The molecular formula is C16H21Li. The van der Waals surface area contributed by atoms with E-state index in [0.717, 1.165) is 19.3 Å². The number of rotatable bonds is 3. The minimum atomic E-state index is 0. The Morgan fingerprint density at radius 3 is 2.06 bits per heavy atom. The van der Waals surface area contributed by atoms with Gasteiger partial charge in [0.05, 0.1) is 0 Å². The van der Waals surface area contributed by atoms with Crippen LogP contribution >= 0.6 is 0 Å². The van der Waals surface area contributed by atoms with E-state index >= 15 is 0 Å². The molecule has 17 heavy (non-hydrogen) atoms. The molecule has 0 unspecified atom stereocenters. The fourth-order valence-corrected chi connectivity index (χ4v) is 2.69. The van der Waals surface area contributed by atoms with Gasteiger partial charge in [0.15, 0.2) is 0 Å². The molecule has 0 saturated carbocycles. The monoisotopic (exact) mass is 220 g/mol. The Morgan fingerprint density at radius 1 is 0.824 bits per heavy atom. The van der Waals surface area contributed by atoms with Crippen LogP contribution in [0.5, 0.6) is 0 Å². The van der Waals surface area contributed by atoms with Crippen LogP contribution < -0.4 is 0 Å². The van der Waals surface area contributed by atoms with E-state index < -0.39 is 0 Å². The second-order valence-electron chi connectivity index (χ2n) is 4.27. The van der Waals surface area contributed by atoms with E-state index in [0.29, 0.717) is 0 Å². The fourth-order valence-electron chi connectivity index (χ4n) is 2.69. The molecule has 2 rings (SSSR count). The maximum absolute atomic E-state index is 2.37. The Bertz CT molecular complexity index is 500. The first-order chi connectivity index (χ1) is 7.81. The van der Waals surface area contributed by atoms with Crippen LogP contribution in [0, 0.1) is 0 Å². The Kier molecular flexibility index (Phi) is 5.31. The summed E-state index contributed by atoms with van der Waals surface area (Å²) >= 11 is 0. The van der Waals surface area contributed by atoms with Crippen LogP contribution in [0.4, 0.5) is 0 Å². The van der Waals surface area contributed by atoms with Gasteiger partial charge >= 0.3 is 18.9 Å². The zero-order valence-corrected chi connectivity index (χ0v) is 10.5. The van der Waals surface area contributed by atoms with E-state index in [1.807, 2.05) is 0 Å². The summed E-state index contributed by atoms with van der Waals surface area (Å²) in [6.07, 6.45) is 3.43. The van der Waals surface area contributed by atoms with Crippen LogP contribution in [0.1, 0.15) is 37.5 Å². The number of benzene rings is 2. The van der Waals surface area contributed by atoms with Gasteiger partial charge < -0.3 is 0 Å². The van der Waals surface area contributed by atoms with Crippen LogP contribution in [0.2, 0.25) is 0 Å². The molecule has 2 aromatic rings. The van der Waals surface area contributed by atoms with Crippen molar-refractivity contribution in [2.45, 2.75) is 40.0 Å². The fraction of sp³-hybridized carbons (Fsp3) is 0.375. The first-order valence-electron chi connectivity index (χ1n) is 6.34. The van der Waals surface area contributed by atoms with Gasteiger partial charge in [-0.05, 0) is 46.7 Å². The molecule has 2 aromatic carbocycles. The molecule has 0 amide bonds. The molecule has 0 aromatic heterocycles. The summed E-state index contributed by atoms with van der Waals surface area (Å²) in [5.74, 6) is 0. The van der Waals surface area contributed by atoms with Gasteiger partial charge in [0.2, 0.25) is 0 Å². The normalized spacial score (nSPS) is 10.3. The van der Waals surface area contributed by atoms with Crippen molar-refractivity contribution < 1.29 is 0 Å². The minimum absolute atomic E-state index is 0. The summed E-state index contributed by atoms with van der Waals surface area (Å²) in [7, 11) is 0. The molecule has 0 spiro atoms. The number of hydrogen-bond donors (Lipinski definition) is 0. The molecule has 0 aliphatic carbocycles. The number of aryl methyl sites for hydroxylation is 2. The molecule has 0 aliphatic rings. The van der Waals surface area contributed by atoms with Gasteiger partial charge in [-0.25, -0.2) is 0 Å². The second-order valence-corrected chi connectivity index (χ2v) is 4.27. The van der Waals surface area contributed by atoms with Gasteiger partial charge in [0.25, 0.3) is 0 Å². The first kappa shape index (κ1) is 14.4. The first-order valence-corrected chi connectivity index (χ1v) is 6.34. The Hall–Kier alpha value is -0.703. The topological polar surface area (TPSA) is 0 Å². The molecule has 0 radical (unpaired) electrons. The molecule has 1 heteroatoms. The van der Waals surface area contributed by atoms with Crippen molar-refractivity contribution in [3.05, 3.63) is 47.0 Å². The Balaban J connectivity index is 0.00000144. The van der Waals surface area contributed by atoms with E-state index in [1.54, 1.807) is 11.1 Å². The molecule has 0 atom stereocenters. The van der Waals surface area contributed by atoms with E-state index in [-0.39, 0.29) is 18.9 Å². The zero-order chi connectivity index (χ0) is 11.5. The average molecular weight is 220 g/mol. The molecule has 86 valence electrons. The summed E-state index contributed by atoms with van der Waals surface area (Å²) in [6, 6.07) is 11.1. The quantitative estimate of drug-likeness (QED) is 0.689. The summed E-state index contributed by atoms with van der Waals surface area (Å²) in [4.78, 5) is 0. The molecule has 0 saturated heterocycles. The average Bonchev–Trinajstić information content (AvgIpc) is 2.36. The predicted octanol–water partition coefficient (Wildman–Crippen LogP) is 3.88. The molecule has 0 N–H and O–H groups in total. The Morgan fingerprint density at radius 2 is 1.47 bits per heavy atom. The van der Waals surface area contributed by atoms with Gasteiger partial charge in [-0.1, -0.05) is 51.1 Å². The third-order valence-corrected chi connectivity index (χ3v) is 3.46. The van der Waals surface area contributed by atoms with Gasteiger partial charge in [-0.2, -0.15) is 0 Å². The molecule has 0 bridgehead atoms. The van der Waals surface area contributed by atoms with Gasteiger partial charge in [0, 0.05) is 0 Å². The summed E-state index contributed by atoms with van der Waals surface area (Å²) in [5, 5.41) is 2.84. The summed E-state index contributed by atoms with van der Waals surface area (Å²) < 4.78 is 0. The van der Waals surface area contributed by atoms with Crippen molar-refractivity contribution in [3.63, 3.8) is 0 Å². The SMILES string of the molecule is CCc1cc2ccccc2c(CC)c1CC.[LiH]. The predicted molar refractivity (Wildman–Crippen MR) is 79.2 cm³/mol. The number of fused-ring (bicyclic) bond motifs is 1. The molecule has 0 aliphatic heterocycles. The third kappa shape index (κ3) is 2.59. The summed E-state index contributed by atoms with van der Waals surface area (Å²) in [6.45, 7) is 6.78.